The molecule has 0 saturated carbocycles. The van der Waals surface area contributed by atoms with Gasteiger partial charge in [-0.05, 0) is 18.2 Å². The summed E-state index contributed by atoms with van der Waals surface area (Å²) in [6, 6.07) is 4.46. The van der Waals surface area contributed by atoms with Gasteiger partial charge in [0.15, 0.2) is 0 Å². The number of nitrogen functional groups attached to an aromatic ring is 1. The van der Waals surface area contributed by atoms with Crippen molar-refractivity contribution in [2.75, 3.05) is 19.5 Å². The Morgan fingerprint density at radius 1 is 1.41 bits per heavy atom. The summed E-state index contributed by atoms with van der Waals surface area (Å²) in [6.45, 7) is -0.0480. The molecule has 0 aromatic heterocycles. The van der Waals surface area contributed by atoms with E-state index in [9.17, 15) is 9.59 Å². The molecule has 0 atom stereocenters. The molecule has 1 rings (SSSR count). The van der Waals surface area contributed by atoms with E-state index >= 15 is 0 Å². The number of benzene rings is 1. The van der Waals surface area contributed by atoms with Gasteiger partial charge in [-0.25, -0.2) is 4.79 Å². The van der Waals surface area contributed by atoms with E-state index in [1.165, 1.54) is 25.3 Å². The zero-order valence-electron chi connectivity index (χ0n) is 9.23. The first-order valence-corrected chi connectivity index (χ1v) is 5.21. The summed E-state index contributed by atoms with van der Waals surface area (Å²) in [7, 11) is 1.27. The summed E-state index contributed by atoms with van der Waals surface area (Å²) in [5.74, 6) is -1.04. The number of carbonyl (C=O) groups is 2. The Balaban J connectivity index is 2.55. The van der Waals surface area contributed by atoms with Crippen molar-refractivity contribution in [1.29, 1.82) is 0 Å². The third-order valence-corrected chi connectivity index (χ3v) is 2.24. The van der Waals surface area contributed by atoms with Crippen LogP contribution in [0.1, 0.15) is 16.8 Å². The molecule has 0 unspecified atom stereocenters. The molecule has 1 aromatic carbocycles. The molecule has 0 radical (unpaired) electrons. The van der Waals surface area contributed by atoms with E-state index in [1.54, 1.807) is 0 Å². The number of halogens is 1. The summed E-state index contributed by atoms with van der Waals surface area (Å²) < 4.78 is 9.26. The zero-order chi connectivity index (χ0) is 12.8. The number of ether oxygens (including phenoxy) is 2. The van der Waals surface area contributed by atoms with Crippen LogP contribution in [0.4, 0.5) is 5.69 Å². The van der Waals surface area contributed by atoms with Gasteiger partial charge in [0, 0.05) is 10.7 Å². The first-order valence-electron chi connectivity index (χ1n) is 4.83. The molecule has 0 bridgehead atoms. The van der Waals surface area contributed by atoms with Crippen LogP contribution in [0.2, 0.25) is 5.02 Å². The van der Waals surface area contributed by atoms with Gasteiger partial charge in [0.05, 0.1) is 19.1 Å². The maximum Gasteiger partial charge on any atom is 0.340 e. The van der Waals surface area contributed by atoms with Crippen molar-refractivity contribution in [2.45, 2.75) is 6.42 Å². The molecule has 2 N–H and O–H groups in total. The van der Waals surface area contributed by atoms with E-state index in [0.717, 1.165) is 0 Å². The Hall–Kier alpha value is -1.75. The number of hydrogen-bond donors (Lipinski definition) is 1. The average Bonchev–Trinajstić information content (AvgIpc) is 2.28. The number of rotatable bonds is 4. The molecule has 0 aliphatic heterocycles. The van der Waals surface area contributed by atoms with Gasteiger partial charge in [0.25, 0.3) is 0 Å². The highest BCUT2D eigenvalue weighted by molar-refractivity contribution is 6.31. The predicted octanol–water partition coefficient (Wildman–Crippen LogP) is 1.64. The monoisotopic (exact) mass is 257 g/mol. The quantitative estimate of drug-likeness (QED) is 0.655. The Kier molecular flexibility index (Phi) is 4.78. The number of hydrogen-bond acceptors (Lipinski definition) is 5. The fourth-order valence-electron chi connectivity index (χ4n) is 1.13. The molecule has 92 valence electrons. The molecule has 0 fully saturated rings. The topological polar surface area (TPSA) is 78.6 Å². The second kappa shape index (κ2) is 6.10. The molecule has 5 nitrogen and oxygen atoms in total. The molecular weight excluding hydrogens is 246 g/mol. The van der Waals surface area contributed by atoms with Gasteiger partial charge in [0.1, 0.15) is 6.61 Å². The van der Waals surface area contributed by atoms with Gasteiger partial charge < -0.3 is 15.2 Å². The maximum atomic E-state index is 11.5. The van der Waals surface area contributed by atoms with E-state index in [1.807, 2.05) is 0 Å². The van der Waals surface area contributed by atoms with Crippen LogP contribution >= 0.6 is 11.6 Å². The highest BCUT2D eigenvalue weighted by atomic mass is 35.5. The van der Waals surface area contributed by atoms with Gasteiger partial charge in [0.2, 0.25) is 0 Å². The Labute approximate surface area is 103 Å². The van der Waals surface area contributed by atoms with Crippen molar-refractivity contribution in [3.8, 4) is 0 Å². The molecule has 0 amide bonds. The third kappa shape index (κ3) is 3.96. The Morgan fingerprint density at radius 3 is 2.71 bits per heavy atom. The van der Waals surface area contributed by atoms with Crippen molar-refractivity contribution in [3.63, 3.8) is 0 Å². The van der Waals surface area contributed by atoms with Crippen molar-refractivity contribution in [3.05, 3.63) is 28.8 Å². The van der Waals surface area contributed by atoms with E-state index in [4.69, 9.17) is 22.1 Å². The van der Waals surface area contributed by atoms with Crippen LogP contribution in [-0.2, 0) is 14.3 Å². The summed E-state index contributed by atoms with van der Waals surface area (Å²) in [4.78, 5) is 22.3. The lowest BCUT2D eigenvalue weighted by molar-refractivity contribution is -0.141. The molecular formula is C11H12ClNO4. The molecule has 0 spiro atoms. The minimum absolute atomic E-state index is 0.00966. The highest BCUT2D eigenvalue weighted by Crippen LogP contribution is 2.18. The second-order valence-electron chi connectivity index (χ2n) is 3.19. The first kappa shape index (κ1) is 13.3. The van der Waals surface area contributed by atoms with E-state index in [0.29, 0.717) is 5.02 Å². The lowest BCUT2D eigenvalue weighted by Gasteiger charge is -2.06. The number of esters is 2. The first-order chi connectivity index (χ1) is 8.04. The van der Waals surface area contributed by atoms with Gasteiger partial charge >= 0.3 is 11.9 Å². The minimum Gasteiger partial charge on any atom is -0.469 e. The maximum absolute atomic E-state index is 11.5. The van der Waals surface area contributed by atoms with Gasteiger partial charge in [-0.1, -0.05) is 11.6 Å². The largest absolute Gasteiger partial charge is 0.469 e. The molecule has 1 aromatic rings. The Bertz CT molecular complexity index is 433. The van der Waals surface area contributed by atoms with E-state index < -0.39 is 11.9 Å². The zero-order valence-corrected chi connectivity index (χ0v) is 9.99. The lowest BCUT2D eigenvalue weighted by atomic mass is 10.2. The van der Waals surface area contributed by atoms with E-state index in [-0.39, 0.29) is 24.3 Å². The van der Waals surface area contributed by atoms with Crippen LogP contribution in [0.15, 0.2) is 18.2 Å². The van der Waals surface area contributed by atoms with Crippen LogP contribution in [0.3, 0.4) is 0 Å². The molecule has 17 heavy (non-hydrogen) atoms. The van der Waals surface area contributed by atoms with Gasteiger partial charge in [-0.3, -0.25) is 4.79 Å². The molecule has 0 saturated heterocycles. The average molecular weight is 258 g/mol. The Morgan fingerprint density at radius 2 is 2.12 bits per heavy atom. The number of anilines is 1. The third-order valence-electron chi connectivity index (χ3n) is 2.00. The normalized spacial score (nSPS) is 9.76. The molecule has 0 aliphatic carbocycles. The van der Waals surface area contributed by atoms with Crippen LogP contribution < -0.4 is 5.73 Å². The van der Waals surface area contributed by atoms with E-state index in [2.05, 4.69) is 4.74 Å². The lowest BCUT2D eigenvalue weighted by Crippen LogP contribution is -2.12. The van der Waals surface area contributed by atoms with Crippen LogP contribution in [0, 0.1) is 0 Å². The number of carbonyl (C=O) groups excluding carboxylic acids is 2. The van der Waals surface area contributed by atoms with Crippen molar-refractivity contribution in [2.24, 2.45) is 0 Å². The van der Waals surface area contributed by atoms with Crippen molar-refractivity contribution < 1.29 is 19.1 Å². The molecule has 6 heteroatoms. The summed E-state index contributed by atoms with van der Waals surface area (Å²) in [5.41, 5.74) is 6.06. The fourth-order valence-corrected chi connectivity index (χ4v) is 1.31. The predicted molar refractivity (Wildman–Crippen MR) is 62.8 cm³/mol. The highest BCUT2D eigenvalue weighted by Gasteiger charge is 2.12. The number of nitrogens with two attached hydrogens (primary N) is 1. The SMILES string of the molecule is COC(=O)CCOC(=O)c1ccc(Cl)cc1N. The van der Waals surface area contributed by atoms with Crippen LogP contribution in [0.5, 0.6) is 0 Å². The molecule has 0 heterocycles. The smallest absolute Gasteiger partial charge is 0.340 e. The van der Waals surface area contributed by atoms with Crippen molar-refractivity contribution >= 4 is 29.2 Å². The van der Waals surface area contributed by atoms with Crippen LogP contribution in [0.25, 0.3) is 0 Å². The van der Waals surface area contributed by atoms with Gasteiger partial charge in [-0.2, -0.15) is 0 Å². The second-order valence-corrected chi connectivity index (χ2v) is 3.63. The fraction of sp³-hybridized carbons (Fsp3) is 0.273. The summed E-state index contributed by atoms with van der Waals surface area (Å²) in [5, 5.41) is 0.439. The standard InChI is InChI=1S/C11H12ClNO4/c1-16-10(14)4-5-17-11(15)8-3-2-7(12)6-9(8)13/h2-3,6H,4-5,13H2,1H3. The minimum atomic E-state index is -0.594. The molecule has 0 aliphatic rings. The summed E-state index contributed by atoms with van der Waals surface area (Å²) in [6.07, 6.45) is 0.00966. The van der Waals surface area contributed by atoms with Crippen LogP contribution in [-0.4, -0.2) is 25.7 Å². The number of methoxy groups -OCH3 is 1. The van der Waals surface area contributed by atoms with Gasteiger partial charge in [-0.15, -0.1) is 0 Å². The van der Waals surface area contributed by atoms with Crippen molar-refractivity contribution in [1.82, 2.24) is 0 Å². The summed E-state index contributed by atoms with van der Waals surface area (Å²) >= 11 is 5.69.